The molecule has 6 nitrogen and oxygen atoms in total. The Labute approximate surface area is 155 Å². The van der Waals surface area contributed by atoms with Crippen LogP contribution in [0.15, 0.2) is 51.6 Å². The minimum absolute atomic E-state index is 0.0812. The Morgan fingerprint density at radius 2 is 2.16 bits per heavy atom. The van der Waals surface area contributed by atoms with E-state index < -0.39 is 9.84 Å². The zero-order valence-corrected chi connectivity index (χ0v) is 15.9. The van der Waals surface area contributed by atoms with Crippen molar-refractivity contribution in [2.75, 3.05) is 23.4 Å². The zero-order valence-electron chi connectivity index (χ0n) is 13.5. The van der Waals surface area contributed by atoms with Crippen molar-refractivity contribution in [3.8, 4) is 0 Å². The number of furan rings is 1. The molecule has 0 unspecified atom stereocenters. The van der Waals surface area contributed by atoms with Crippen molar-refractivity contribution < 1.29 is 17.6 Å². The second-order valence-corrected chi connectivity index (χ2v) is 9.24. The van der Waals surface area contributed by atoms with Crippen molar-refractivity contribution in [2.24, 2.45) is 0 Å². The van der Waals surface area contributed by atoms with Crippen molar-refractivity contribution >= 4 is 37.4 Å². The van der Waals surface area contributed by atoms with Crippen LogP contribution in [0.3, 0.4) is 0 Å². The van der Waals surface area contributed by atoms with Gasteiger partial charge in [0.2, 0.25) is 5.91 Å². The average Bonchev–Trinajstić information content (AvgIpc) is 3.16. The molecule has 0 aliphatic carbocycles. The van der Waals surface area contributed by atoms with Gasteiger partial charge < -0.3 is 9.73 Å². The molecule has 2 aromatic rings. The maximum Gasteiger partial charge on any atom is 0.238 e. The quantitative estimate of drug-likeness (QED) is 0.767. The molecule has 1 fully saturated rings. The van der Waals surface area contributed by atoms with Gasteiger partial charge in [0, 0.05) is 16.2 Å². The summed E-state index contributed by atoms with van der Waals surface area (Å²) in [5.74, 6) is 0.769. The second kappa shape index (κ2) is 7.72. The first-order valence-electron chi connectivity index (χ1n) is 7.93. The largest absolute Gasteiger partial charge is 0.468 e. The van der Waals surface area contributed by atoms with Gasteiger partial charge in [0.15, 0.2) is 9.84 Å². The van der Waals surface area contributed by atoms with E-state index in [1.807, 2.05) is 29.2 Å². The molecule has 1 aromatic carbocycles. The van der Waals surface area contributed by atoms with Gasteiger partial charge in [-0.15, -0.1) is 0 Å². The van der Waals surface area contributed by atoms with Crippen LogP contribution >= 0.6 is 15.9 Å². The summed E-state index contributed by atoms with van der Waals surface area (Å²) in [6.07, 6.45) is 2.10. The van der Waals surface area contributed by atoms with Crippen LogP contribution < -0.4 is 5.32 Å². The summed E-state index contributed by atoms with van der Waals surface area (Å²) < 4.78 is 29.8. The normalized spacial score (nSPS) is 19.2. The first kappa shape index (κ1) is 18.2. The van der Waals surface area contributed by atoms with Gasteiger partial charge >= 0.3 is 0 Å². The van der Waals surface area contributed by atoms with Crippen LogP contribution in [0.25, 0.3) is 0 Å². The number of carbonyl (C=O) groups excluding carboxylic acids is 1. The smallest absolute Gasteiger partial charge is 0.238 e. The fraction of sp³-hybridized carbons (Fsp3) is 0.353. The van der Waals surface area contributed by atoms with Crippen LogP contribution in [0.4, 0.5) is 5.69 Å². The van der Waals surface area contributed by atoms with Crippen molar-refractivity contribution in [1.29, 1.82) is 0 Å². The third kappa shape index (κ3) is 5.17. The average molecular weight is 427 g/mol. The lowest BCUT2D eigenvalue weighted by Gasteiger charge is -2.26. The maximum absolute atomic E-state index is 12.4. The van der Waals surface area contributed by atoms with E-state index in [0.717, 1.165) is 4.47 Å². The lowest BCUT2D eigenvalue weighted by atomic mass is 10.2. The minimum atomic E-state index is -3.03. The molecule has 1 aliphatic rings. The summed E-state index contributed by atoms with van der Waals surface area (Å²) in [5, 5.41) is 2.85. The molecule has 1 saturated heterocycles. The molecule has 1 N–H and O–H groups in total. The Bertz CT molecular complexity index is 836. The molecule has 0 bridgehead atoms. The van der Waals surface area contributed by atoms with E-state index >= 15 is 0 Å². The summed E-state index contributed by atoms with van der Waals surface area (Å²) in [4.78, 5) is 14.3. The number of hydrogen-bond acceptors (Lipinski definition) is 5. The number of sulfone groups is 1. The van der Waals surface area contributed by atoms with Gasteiger partial charge in [-0.3, -0.25) is 9.69 Å². The topological polar surface area (TPSA) is 79.6 Å². The van der Waals surface area contributed by atoms with Crippen LogP contribution in [0.1, 0.15) is 12.2 Å². The van der Waals surface area contributed by atoms with Gasteiger partial charge in [0.05, 0.1) is 30.9 Å². The van der Waals surface area contributed by atoms with Gasteiger partial charge in [0.1, 0.15) is 5.76 Å². The van der Waals surface area contributed by atoms with Crippen LogP contribution in [0.2, 0.25) is 0 Å². The summed E-state index contributed by atoms with van der Waals surface area (Å²) >= 11 is 3.37. The Morgan fingerprint density at radius 3 is 2.80 bits per heavy atom. The van der Waals surface area contributed by atoms with E-state index in [1.165, 1.54) is 0 Å². The molecule has 1 atom stereocenters. The van der Waals surface area contributed by atoms with Gasteiger partial charge in [-0.05, 0) is 36.8 Å². The molecule has 134 valence electrons. The summed E-state index contributed by atoms with van der Waals surface area (Å²) in [6.45, 7) is 0.506. The van der Waals surface area contributed by atoms with E-state index in [-0.39, 0.29) is 30.0 Å². The summed E-state index contributed by atoms with van der Waals surface area (Å²) in [5.41, 5.74) is 0.691. The number of nitrogens with one attached hydrogen (secondary N) is 1. The van der Waals surface area contributed by atoms with Crippen molar-refractivity contribution in [3.05, 3.63) is 52.9 Å². The fourth-order valence-corrected chi connectivity index (χ4v) is 5.09. The monoisotopic (exact) mass is 426 g/mol. The Kier molecular flexibility index (Phi) is 5.61. The number of benzene rings is 1. The van der Waals surface area contributed by atoms with Crippen LogP contribution in [-0.4, -0.2) is 43.3 Å². The molecule has 1 aromatic heterocycles. The van der Waals surface area contributed by atoms with Crippen molar-refractivity contribution in [3.63, 3.8) is 0 Å². The van der Waals surface area contributed by atoms with E-state index in [1.54, 1.807) is 18.4 Å². The van der Waals surface area contributed by atoms with E-state index in [2.05, 4.69) is 21.2 Å². The van der Waals surface area contributed by atoms with Crippen LogP contribution in [-0.2, 0) is 21.2 Å². The van der Waals surface area contributed by atoms with Gasteiger partial charge in [0.25, 0.3) is 0 Å². The molecule has 3 rings (SSSR count). The lowest BCUT2D eigenvalue weighted by molar-refractivity contribution is -0.118. The molecule has 0 saturated carbocycles. The highest BCUT2D eigenvalue weighted by molar-refractivity contribution is 9.10. The van der Waals surface area contributed by atoms with Gasteiger partial charge in [-0.1, -0.05) is 22.0 Å². The number of amides is 1. The Morgan fingerprint density at radius 1 is 1.32 bits per heavy atom. The number of rotatable bonds is 6. The first-order valence-corrected chi connectivity index (χ1v) is 10.5. The van der Waals surface area contributed by atoms with Crippen LogP contribution in [0, 0.1) is 0 Å². The molecule has 8 heteroatoms. The number of carbonyl (C=O) groups is 1. The number of halogens is 1. The predicted octanol–water partition coefficient (Wildman–Crippen LogP) is 2.67. The number of anilines is 1. The Balaban J connectivity index is 1.69. The number of hydrogen-bond donors (Lipinski definition) is 1. The maximum atomic E-state index is 12.4. The van der Waals surface area contributed by atoms with Gasteiger partial charge in [-0.25, -0.2) is 8.42 Å². The molecule has 1 amide bonds. The number of nitrogens with zero attached hydrogens (tertiary/aromatic N) is 1. The molecule has 1 aliphatic heterocycles. The summed E-state index contributed by atoms with van der Waals surface area (Å²) in [7, 11) is -3.03. The SMILES string of the molecule is O=C(CN(Cc1ccco1)[C@@H]1CCS(=O)(=O)C1)Nc1cccc(Br)c1. The Hall–Kier alpha value is -1.64. The van der Waals surface area contributed by atoms with Crippen molar-refractivity contribution in [2.45, 2.75) is 19.0 Å². The predicted molar refractivity (Wildman–Crippen MR) is 98.9 cm³/mol. The first-order chi connectivity index (χ1) is 11.9. The molecule has 2 heterocycles. The lowest BCUT2D eigenvalue weighted by Crippen LogP contribution is -2.41. The molecular formula is C17H19BrN2O4S. The second-order valence-electron chi connectivity index (χ2n) is 6.10. The van der Waals surface area contributed by atoms with E-state index in [4.69, 9.17) is 4.42 Å². The third-order valence-electron chi connectivity index (χ3n) is 4.12. The van der Waals surface area contributed by atoms with Crippen molar-refractivity contribution in [1.82, 2.24) is 4.90 Å². The fourth-order valence-electron chi connectivity index (χ4n) is 2.93. The van der Waals surface area contributed by atoms with E-state index in [9.17, 15) is 13.2 Å². The zero-order chi connectivity index (χ0) is 17.9. The molecule has 0 radical (unpaired) electrons. The molecular weight excluding hydrogens is 408 g/mol. The highest BCUT2D eigenvalue weighted by Gasteiger charge is 2.33. The standard InChI is InChI=1S/C17H19BrN2O4S/c18-13-3-1-4-14(9-13)19-17(21)11-20(10-16-5-2-7-24-16)15-6-8-25(22,23)12-15/h1-5,7,9,15H,6,8,10-12H2,(H,19,21)/t15-/m1/s1. The highest BCUT2D eigenvalue weighted by Crippen LogP contribution is 2.21. The van der Waals surface area contributed by atoms with E-state index in [0.29, 0.717) is 24.4 Å². The minimum Gasteiger partial charge on any atom is -0.468 e. The third-order valence-corrected chi connectivity index (χ3v) is 6.36. The molecule has 0 spiro atoms. The highest BCUT2D eigenvalue weighted by atomic mass is 79.9. The van der Waals surface area contributed by atoms with Crippen LogP contribution in [0.5, 0.6) is 0 Å². The van der Waals surface area contributed by atoms with Gasteiger partial charge in [-0.2, -0.15) is 0 Å². The summed E-state index contributed by atoms with van der Waals surface area (Å²) in [6, 6.07) is 10.8. The molecule has 25 heavy (non-hydrogen) atoms.